The Balaban J connectivity index is 2.61. The zero-order valence-corrected chi connectivity index (χ0v) is 10.5. The average Bonchev–Trinajstić information content (AvgIpc) is 2.42. The standard InChI is InChI=1S/C13H16O5/c1-3-6-17-13(15)9-18-11-5-4-10(8-14)7-12(11)16-2/h4-5,7-8H,3,6,9H2,1-2H3. The van der Waals surface area contributed by atoms with E-state index >= 15 is 0 Å². The summed E-state index contributed by atoms with van der Waals surface area (Å²) < 4.78 is 15.2. The van der Waals surface area contributed by atoms with Crippen LogP contribution in [0, 0.1) is 0 Å². The Hall–Kier alpha value is -2.04. The number of carbonyl (C=O) groups excluding carboxylic acids is 2. The second kappa shape index (κ2) is 7.32. The van der Waals surface area contributed by atoms with E-state index in [1.165, 1.54) is 7.11 Å². The lowest BCUT2D eigenvalue weighted by molar-refractivity contribution is -0.146. The van der Waals surface area contributed by atoms with Crippen molar-refractivity contribution in [1.82, 2.24) is 0 Å². The van der Waals surface area contributed by atoms with E-state index < -0.39 is 5.97 Å². The lowest BCUT2D eigenvalue weighted by atomic mass is 10.2. The molecule has 0 aliphatic heterocycles. The molecule has 0 N–H and O–H groups in total. The molecule has 0 spiro atoms. The van der Waals surface area contributed by atoms with Crippen molar-refractivity contribution >= 4 is 12.3 Å². The van der Waals surface area contributed by atoms with Gasteiger partial charge in [0.2, 0.25) is 0 Å². The van der Waals surface area contributed by atoms with E-state index in [4.69, 9.17) is 14.2 Å². The Morgan fingerprint density at radius 1 is 1.33 bits per heavy atom. The number of hydrogen-bond acceptors (Lipinski definition) is 5. The van der Waals surface area contributed by atoms with Crippen LogP contribution in [-0.4, -0.2) is 32.6 Å². The first-order valence-corrected chi connectivity index (χ1v) is 5.63. The first-order chi connectivity index (χ1) is 8.71. The summed E-state index contributed by atoms with van der Waals surface area (Å²) in [7, 11) is 1.46. The van der Waals surface area contributed by atoms with Crippen LogP contribution in [0.2, 0.25) is 0 Å². The molecule has 0 bridgehead atoms. The van der Waals surface area contributed by atoms with Crippen LogP contribution in [0.5, 0.6) is 11.5 Å². The van der Waals surface area contributed by atoms with Crippen molar-refractivity contribution < 1.29 is 23.8 Å². The molecule has 98 valence electrons. The van der Waals surface area contributed by atoms with Gasteiger partial charge in [-0.2, -0.15) is 0 Å². The van der Waals surface area contributed by atoms with Gasteiger partial charge in [0.25, 0.3) is 0 Å². The minimum Gasteiger partial charge on any atom is -0.493 e. The fourth-order valence-electron chi connectivity index (χ4n) is 1.27. The van der Waals surface area contributed by atoms with Crippen LogP contribution in [0.3, 0.4) is 0 Å². The number of esters is 1. The third-order valence-corrected chi connectivity index (χ3v) is 2.14. The van der Waals surface area contributed by atoms with Gasteiger partial charge in [0, 0.05) is 5.56 Å². The molecule has 1 rings (SSSR count). The van der Waals surface area contributed by atoms with Crippen molar-refractivity contribution in [2.24, 2.45) is 0 Å². The summed E-state index contributed by atoms with van der Waals surface area (Å²) in [5, 5.41) is 0. The number of aldehydes is 1. The average molecular weight is 252 g/mol. The molecule has 0 amide bonds. The lowest BCUT2D eigenvalue weighted by Gasteiger charge is -2.10. The summed E-state index contributed by atoms with van der Waals surface area (Å²) in [4.78, 5) is 21.9. The minimum absolute atomic E-state index is 0.184. The number of ether oxygens (including phenoxy) is 3. The van der Waals surface area contributed by atoms with E-state index in [-0.39, 0.29) is 6.61 Å². The molecule has 0 heterocycles. The predicted molar refractivity (Wildman–Crippen MR) is 65.1 cm³/mol. The quantitative estimate of drug-likeness (QED) is 0.547. The van der Waals surface area contributed by atoms with Gasteiger partial charge in [0.05, 0.1) is 13.7 Å². The Bertz CT molecular complexity index is 414. The summed E-state index contributed by atoms with van der Waals surface area (Å²) in [5.41, 5.74) is 0.479. The molecular weight excluding hydrogens is 236 g/mol. The molecule has 0 aliphatic carbocycles. The van der Waals surface area contributed by atoms with Crippen LogP contribution in [-0.2, 0) is 9.53 Å². The van der Waals surface area contributed by atoms with Gasteiger partial charge >= 0.3 is 5.97 Å². The molecule has 0 radical (unpaired) electrons. The fraction of sp³-hybridized carbons (Fsp3) is 0.385. The lowest BCUT2D eigenvalue weighted by Crippen LogP contribution is -2.15. The highest BCUT2D eigenvalue weighted by atomic mass is 16.6. The molecule has 0 aromatic heterocycles. The number of benzene rings is 1. The van der Waals surface area contributed by atoms with Crippen molar-refractivity contribution in [3.63, 3.8) is 0 Å². The Kier molecular flexibility index (Phi) is 5.70. The highest BCUT2D eigenvalue weighted by Gasteiger charge is 2.09. The summed E-state index contributed by atoms with van der Waals surface area (Å²) in [6.07, 6.45) is 1.48. The molecule has 5 nitrogen and oxygen atoms in total. The largest absolute Gasteiger partial charge is 0.493 e. The van der Waals surface area contributed by atoms with Crippen LogP contribution < -0.4 is 9.47 Å². The van der Waals surface area contributed by atoms with Gasteiger partial charge in [-0.05, 0) is 24.6 Å². The van der Waals surface area contributed by atoms with Gasteiger partial charge in [-0.25, -0.2) is 4.79 Å². The predicted octanol–water partition coefficient (Wildman–Crippen LogP) is 1.84. The third kappa shape index (κ3) is 4.08. The highest BCUT2D eigenvalue weighted by molar-refractivity contribution is 5.76. The smallest absolute Gasteiger partial charge is 0.344 e. The second-order valence-electron chi connectivity index (χ2n) is 3.54. The number of methoxy groups -OCH3 is 1. The third-order valence-electron chi connectivity index (χ3n) is 2.14. The van der Waals surface area contributed by atoms with E-state index in [0.29, 0.717) is 30.0 Å². The summed E-state index contributed by atoms with van der Waals surface area (Å²) in [6.45, 7) is 2.11. The van der Waals surface area contributed by atoms with Crippen molar-refractivity contribution in [3.8, 4) is 11.5 Å². The Morgan fingerprint density at radius 2 is 2.11 bits per heavy atom. The van der Waals surface area contributed by atoms with E-state index in [0.717, 1.165) is 6.42 Å². The van der Waals surface area contributed by atoms with Gasteiger partial charge in [0.15, 0.2) is 18.1 Å². The summed E-state index contributed by atoms with van der Waals surface area (Å²) >= 11 is 0. The highest BCUT2D eigenvalue weighted by Crippen LogP contribution is 2.27. The topological polar surface area (TPSA) is 61.8 Å². The van der Waals surface area contributed by atoms with Crippen LogP contribution in [0.4, 0.5) is 0 Å². The maximum absolute atomic E-state index is 11.3. The van der Waals surface area contributed by atoms with E-state index in [2.05, 4.69) is 0 Å². The zero-order valence-electron chi connectivity index (χ0n) is 10.5. The molecule has 1 aromatic carbocycles. The van der Waals surface area contributed by atoms with Crippen molar-refractivity contribution in [2.75, 3.05) is 20.3 Å². The molecule has 0 saturated heterocycles. The van der Waals surface area contributed by atoms with Crippen molar-refractivity contribution in [2.45, 2.75) is 13.3 Å². The molecule has 0 unspecified atom stereocenters. The Labute approximate surface area is 106 Å². The van der Waals surface area contributed by atoms with Gasteiger partial charge < -0.3 is 14.2 Å². The first kappa shape index (κ1) is 14.0. The van der Waals surface area contributed by atoms with Crippen molar-refractivity contribution in [3.05, 3.63) is 23.8 Å². The molecule has 0 aliphatic rings. The monoisotopic (exact) mass is 252 g/mol. The van der Waals surface area contributed by atoms with Gasteiger partial charge in [-0.15, -0.1) is 0 Å². The maximum Gasteiger partial charge on any atom is 0.344 e. The van der Waals surface area contributed by atoms with Gasteiger partial charge in [0.1, 0.15) is 6.29 Å². The number of hydrogen-bond donors (Lipinski definition) is 0. The van der Waals surface area contributed by atoms with Crippen LogP contribution in [0.15, 0.2) is 18.2 Å². The van der Waals surface area contributed by atoms with Crippen molar-refractivity contribution in [1.29, 1.82) is 0 Å². The fourth-order valence-corrected chi connectivity index (χ4v) is 1.27. The molecule has 0 saturated carbocycles. The minimum atomic E-state index is -0.432. The van der Waals surface area contributed by atoms with Crippen LogP contribution in [0.25, 0.3) is 0 Å². The first-order valence-electron chi connectivity index (χ1n) is 5.63. The second-order valence-corrected chi connectivity index (χ2v) is 3.54. The SMILES string of the molecule is CCCOC(=O)COc1ccc(C=O)cc1OC. The van der Waals surface area contributed by atoms with Gasteiger partial charge in [-0.3, -0.25) is 4.79 Å². The molecule has 18 heavy (non-hydrogen) atoms. The summed E-state index contributed by atoms with van der Waals surface area (Å²) in [6, 6.07) is 4.71. The molecule has 5 heteroatoms. The van der Waals surface area contributed by atoms with Gasteiger partial charge in [-0.1, -0.05) is 6.92 Å². The maximum atomic E-state index is 11.3. The van der Waals surface area contributed by atoms with Crippen LogP contribution >= 0.6 is 0 Å². The van der Waals surface area contributed by atoms with E-state index in [1.54, 1.807) is 18.2 Å². The molecule has 0 atom stereocenters. The zero-order chi connectivity index (χ0) is 13.4. The van der Waals surface area contributed by atoms with Crippen LogP contribution in [0.1, 0.15) is 23.7 Å². The molecular formula is C13H16O5. The normalized spacial score (nSPS) is 9.67. The molecule has 1 aromatic rings. The molecule has 0 fully saturated rings. The van der Waals surface area contributed by atoms with E-state index in [9.17, 15) is 9.59 Å². The number of rotatable bonds is 7. The Morgan fingerprint density at radius 3 is 2.72 bits per heavy atom. The number of carbonyl (C=O) groups is 2. The van der Waals surface area contributed by atoms with E-state index in [1.807, 2.05) is 6.92 Å². The summed E-state index contributed by atoms with van der Waals surface area (Å²) in [5.74, 6) is 0.373.